The topological polar surface area (TPSA) is 32.3 Å². The SMILES string of the molecule is OCCCCCCNCCC1CC1. The standard InChI is InChI=1S/C11H23NO/c13-10-4-2-1-3-8-12-9-7-11-5-6-11/h11-13H,1-10H2. The second-order valence-electron chi connectivity index (χ2n) is 4.12. The molecule has 2 N–H and O–H groups in total. The second-order valence-corrected chi connectivity index (χ2v) is 4.12. The maximum atomic E-state index is 8.56. The van der Waals surface area contributed by atoms with Crippen LogP contribution in [0.2, 0.25) is 0 Å². The zero-order valence-electron chi connectivity index (χ0n) is 8.60. The van der Waals surface area contributed by atoms with E-state index in [1.54, 1.807) is 0 Å². The lowest BCUT2D eigenvalue weighted by Gasteiger charge is -2.03. The summed E-state index contributed by atoms with van der Waals surface area (Å²) < 4.78 is 0. The van der Waals surface area contributed by atoms with E-state index in [0.29, 0.717) is 6.61 Å². The van der Waals surface area contributed by atoms with Crippen LogP contribution in [0.5, 0.6) is 0 Å². The van der Waals surface area contributed by atoms with Crippen LogP contribution in [0, 0.1) is 5.92 Å². The molecule has 1 aliphatic carbocycles. The van der Waals surface area contributed by atoms with Gasteiger partial charge in [0.1, 0.15) is 0 Å². The van der Waals surface area contributed by atoms with Crippen molar-refractivity contribution in [3.05, 3.63) is 0 Å². The molecule has 0 aromatic carbocycles. The molecule has 2 nitrogen and oxygen atoms in total. The fourth-order valence-corrected chi connectivity index (χ4v) is 1.55. The number of hydrogen-bond donors (Lipinski definition) is 2. The van der Waals surface area contributed by atoms with E-state index < -0.39 is 0 Å². The van der Waals surface area contributed by atoms with Crippen molar-refractivity contribution in [3.8, 4) is 0 Å². The molecule has 0 unspecified atom stereocenters. The van der Waals surface area contributed by atoms with Crippen molar-refractivity contribution in [2.45, 2.75) is 44.9 Å². The second kappa shape index (κ2) is 7.34. The lowest BCUT2D eigenvalue weighted by atomic mass is 10.2. The smallest absolute Gasteiger partial charge is 0.0431 e. The van der Waals surface area contributed by atoms with Gasteiger partial charge in [-0.2, -0.15) is 0 Å². The van der Waals surface area contributed by atoms with E-state index in [2.05, 4.69) is 5.32 Å². The van der Waals surface area contributed by atoms with Gasteiger partial charge in [-0.25, -0.2) is 0 Å². The fraction of sp³-hybridized carbons (Fsp3) is 1.00. The molecule has 0 aromatic rings. The van der Waals surface area contributed by atoms with Crippen molar-refractivity contribution in [1.82, 2.24) is 5.32 Å². The van der Waals surface area contributed by atoms with Gasteiger partial charge in [-0.05, 0) is 38.3 Å². The number of aliphatic hydroxyl groups is 1. The molecule has 0 radical (unpaired) electrons. The maximum absolute atomic E-state index is 8.56. The van der Waals surface area contributed by atoms with Gasteiger partial charge < -0.3 is 10.4 Å². The quantitative estimate of drug-likeness (QED) is 0.538. The predicted molar refractivity (Wildman–Crippen MR) is 55.8 cm³/mol. The van der Waals surface area contributed by atoms with Gasteiger partial charge in [0.15, 0.2) is 0 Å². The number of hydrogen-bond acceptors (Lipinski definition) is 2. The van der Waals surface area contributed by atoms with E-state index in [1.807, 2.05) is 0 Å². The van der Waals surface area contributed by atoms with Crippen molar-refractivity contribution in [1.29, 1.82) is 0 Å². The molecule has 0 saturated heterocycles. The highest BCUT2D eigenvalue weighted by Gasteiger charge is 2.19. The Hall–Kier alpha value is -0.0800. The molecule has 0 aromatic heterocycles. The van der Waals surface area contributed by atoms with Gasteiger partial charge in [0.2, 0.25) is 0 Å². The highest BCUT2D eigenvalue weighted by molar-refractivity contribution is 4.73. The molecule has 0 heterocycles. The largest absolute Gasteiger partial charge is 0.396 e. The molecule has 1 fully saturated rings. The Labute approximate surface area is 81.7 Å². The van der Waals surface area contributed by atoms with Gasteiger partial charge in [0.25, 0.3) is 0 Å². The minimum atomic E-state index is 0.356. The van der Waals surface area contributed by atoms with Gasteiger partial charge in [-0.15, -0.1) is 0 Å². The lowest BCUT2D eigenvalue weighted by molar-refractivity contribution is 0.282. The van der Waals surface area contributed by atoms with E-state index in [-0.39, 0.29) is 0 Å². The van der Waals surface area contributed by atoms with E-state index in [1.165, 1.54) is 45.1 Å². The van der Waals surface area contributed by atoms with Gasteiger partial charge >= 0.3 is 0 Å². The molecule has 1 rings (SSSR count). The molecule has 1 saturated carbocycles. The van der Waals surface area contributed by atoms with Crippen LogP contribution in [0.1, 0.15) is 44.9 Å². The summed E-state index contributed by atoms with van der Waals surface area (Å²) in [5.41, 5.74) is 0. The van der Waals surface area contributed by atoms with E-state index in [4.69, 9.17) is 5.11 Å². The molecule has 0 atom stereocenters. The molecule has 78 valence electrons. The summed E-state index contributed by atoms with van der Waals surface area (Å²) >= 11 is 0. The average molecular weight is 185 g/mol. The van der Waals surface area contributed by atoms with Gasteiger partial charge in [0, 0.05) is 6.61 Å². The van der Waals surface area contributed by atoms with Crippen molar-refractivity contribution in [2.75, 3.05) is 19.7 Å². The predicted octanol–water partition coefficient (Wildman–Crippen LogP) is 1.93. The third-order valence-corrected chi connectivity index (χ3v) is 2.69. The number of rotatable bonds is 9. The molecule has 13 heavy (non-hydrogen) atoms. The monoisotopic (exact) mass is 185 g/mol. The first-order chi connectivity index (χ1) is 6.43. The fourth-order valence-electron chi connectivity index (χ4n) is 1.55. The summed E-state index contributed by atoms with van der Waals surface area (Å²) in [6.07, 6.45) is 9.01. The van der Waals surface area contributed by atoms with Crippen LogP contribution in [-0.4, -0.2) is 24.8 Å². The van der Waals surface area contributed by atoms with Gasteiger partial charge in [0.05, 0.1) is 0 Å². The van der Waals surface area contributed by atoms with Crippen LogP contribution in [0.25, 0.3) is 0 Å². The highest BCUT2D eigenvalue weighted by Crippen LogP contribution is 2.31. The van der Waals surface area contributed by atoms with E-state index in [0.717, 1.165) is 18.9 Å². The first kappa shape index (κ1) is 11.0. The molecular weight excluding hydrogens is 162 g/mol. The number of nitrogens with one attached hydrogen (secondary N) is 1. The van der Waals surface area contributed by atoms with Crippen molar-refractivity contribution in [2.24, 2.45) is 5.92 Å². The molecule has 0 bridgehead atoms. The Bertz CT molecular complexity index is 113. The van der Waals surface area contributed by atoms with Crippen LogP contribution in [-0.2, 0) is 0 Å². The maximum Gasteiger partial charge on any atom is 0.0431 e. The van der Waals surface area contributed by atoms with Crippen LogP contribution < -0.4 is 5.32 Å². The minimum absolute atomic E-state index is 0.356. The first-order valence-corrected chi connectivity index (χ1v) is 5.75. The molecule has 2 heteroatoms. The third kappa shape index (κ3) is 7.03. The lowest BCUT2D eigenvalue weighted by Crippen LogP contribution is -2.16. The zero-order chi connectivity index (χ0) is 9.36. The van der Waals surface area contributed by atoms with Gasteiger partial charge in [-0.1, -0.05) is 25.7 Å². The van der Waals surface area contributed by atoms with Crippen molar-refractivity contribution >= 4 is 0 Å². The average Bonchev–Trinajstić information content (AvgIpc) is 2.93. The normalized spacial score (nSPS) is 16.4. The first-order valence-electron chi connectivity index (χ1n) is 5.75. The Balaban J connectivity index is 1.63. The number of aliphatic hydroxyl groups excluding tert-OH is 1. The van der Waals surface area contributed by atoms with Crippen LogP contribution in [0.4, 0.5) is 0 Å². The highest BCUT2D eigenvalue weighted by atomic mass is 16.2. The van der Waals surface area contributed by atoms with Crippen LogP contribution >= 0.6 is 0 Å². The molecule has 1 aliphatic rings. The van der Waals surface area contributed by atoms with Gasteiger partial charge in [-0.3, -0.25) is 0 Å². The summed E-state index contributed by atoms with van der Waals surface area (Å²) in [4.78, 5) is 0. The Kier molecular flexibility index (Phi) is 6.21. The summed E-state index contributed by atoms with van der Waals surface area (Å²) in [7, 11) is 0. The molecule has 0 spiro atoms. The molecule has 0 amide bonds. The summed E-state index contributed by atoms with van der Waals surface area (Å²) in [6.45, 7) is 2.73. The van der Waals surface area contributed by atoms with E-state index >= 15 is 0 Å². The van der Waals surface area contributed by atoms with Crippen molar-refractivity contribution in [3.63, 3.8) is 0 Å². The zero-order valence-corrected chi connectivity index (χ0v) is 8.60. The Morgan fingerprint density at radius 2 is 1.77 bits per heavy atom. The van der Waals surface area contributed by atoms with E-state index in [9.17, 15) is 0 Å². The minimum Gasteiger partial charge on any atom is -0.396 e. The molecular formula is C11H23NO. The summed E-state index contributed by atoms with van der Waals surface area (Å²) in [5, 5.41) is 12.0. The van der Waals surface area contributed by atoms with Crippen molar-refractivity contribution < 1.29 is 5.11 Å². The third-order valence-electron chi connectivity index (χ3n) is 2.69. The van der Waals surface area contributed by atoms with Crippen LogP contribution in [0.3, 0.4) is 0 Å². The Morgan fingerprint density at radius 3 is 2.46 bits per heavy atom. The number of unbranched alkanes of at least 4 members (excludes halogenated alkanes) is 3. The summed E-state index contributed by atoms with van der Waals surface area (Å²) in [6, 6.07) is 0. The van der Waals surface area contributed by atoms with Crippen LogP contribution in [0.15, 0.2) is 0 Å². The Morgan fingerprint density at radius 1 is 1.00 bits per heavy atom. The summed E-state index contributed by atoms with van der Waals surface area (Å²) in [5.74, 6) is 1.06. The molecule has 0 aliphatic heterocycles.